The Morgan fingerprint density at radius 1 is 1.28 bits per heavy atom. The number of carboxylic acids is 1. The molecule has 0 saturated heterocycles. The number of rotatable bonds is 3. The number of carboxylic acid groups (broad SMARTS) is 1. The van der Waals surface area contributed by atoms with E-state index in [-0.39, 0.29) is 4.31 Å². The molecule has 0 saturated carbocycles. The molecule has 0 fully saturated rings. The van der Waals surface area contributed by atoms with Crippen molar-refractivity contribution in [1.29, 1.82) is 0 Å². The van der Waals surface area contributed by atoms with Crippen molar-refractivity contribution in [3.63, 3.8) is 0 Å². The third-order valence-electron chi connectivity index (χ3n) is 2.13. The number of nitrogens with zero attached hydrogens (tertiary/aromatic N) is 1. The normalized spacial score (nSPS) is 12.2. The van der Waals surface area contributed by atoms with Crippen molar-refractivity contribution in [2.75, 3.05) is 11.4 Å². The molecule has 1 rings (SSSR count). The first kappa shape index (κ1) is 14.3. The second-order valence-corrected chi connectivity index (χ2v) is 5.20. The molecule has 0 spiro atoms. The zero-order valence-electron chi connectivity index (χ0n) is 8.97. The monoisotopic (exact) mass is 283 g/mol. The maximum absolute atomic E-state index is 12.3. The number of halogens is 3. The lowest BCUT2D eigenvalue weighted by Gasteiger charge is -2.22. The lowest BCUT2D eigenvalue weighted by Crippen LogP contribution is -2.38. The van der Waals surface area contributed by atoms with Crippen molar-refractivity contribution in [2.45, 2.75) is 5.51 Å². The lowest BCUT2D eigenvalue weighted by molar-refractivity contribution is -0.0437. The Kier molecular flexibility index (Phi) is 3.56. The van der Waals surface area contributed by atoms with Crippen molar-refractivity contribution in [3.8, 4) is 0 Å². The summed E-state index contributed by atoms with van der Waals surface area (Å²) in [4.78, 5) is 10.8. The molecule has 0 unspecified atom stereocenters. The quantitative estimate of drug-likeness (QED) is 0.915. The highest BCUT2D eigenvalue weighted by Crippen LogP contribution is 2.31. The number of hydrogen-bond acceptors (Lipinski definition) is 3. The Morgan fingerprint density at radius 3 is 2.22 bits per heavy atom. The van der Waals surface area contributed by atoms with Crippen LogP contribution in [0, 0.1) is 0 Å². The highest BCUT2D eigenvalue weighted by molar-refractivity contribution is 7.93. The molecule has 1 aromatic rings. The molecule has 1 aromatic carbocycles. The van der Waals surface area contributed by atoms with Crippen LogP contribution in [0.2, 0.25) is 0 Å². The molecular formula is C9H8F3NO4S. The van der Waals surface area contributed by atoms with E-state index in [2.05, 4.69) is 0 Å². The summed E-state index contributed by atoms with van der Waals surface area (Å²) in [5.74, 6) is -1.52. The molecule has 100 valence electrons. The Bertz CT molecular complexity index is 567. The van der Waals surface area contributed by atoms with Gasteiger partial charge in [0.15, 0.2) is 0 Å². The van der Waals surface area contributed by atoms with Crippen LogP contribution < -0.4 is 4.31 Å². The molecule has 1 N–H and O–H groups in total. The van der Waals surface area contributed by atoms with Crippen molar-refractivity contribution in [3.05, 3.63) is 29.8 Å². The summed E-state index contributed by atoms with van der Waals surface area (Å²) in [5.41, 5.74) is -6.58. The van der Waals surface area contributed by atoms with Crippen LogP contribution in [0.3, 0.4) is 0 Å². The van der Waals surface area contributed by atoms with Crippen LogP contribution in [0.1, 0.15) is 10.4 Å². The number of anilines is 1. The van der Waals surface area contributed by atoms with E-state index in [1.807, 2.05) is 0 Å². The highest BCUT2D eigenvalue weighted by atomic mass is 32.2. The van der Waals surface area contributed by atoms with Gasteiger partial charge in [-0.15, -0.1) is 0 Å². The van der Waals surface area contributed by atoms with E-state index < -0.39 is 32.8 Å². The number of aromatic carboxylic acids is 1. The van der Waals surface area contributed by atoms with E-state index in [4.69, 9.17) is 5.11 Å². The number of sulfonamides is 1. The fourth-order valence-electron chi connectivity index (χ4n) is 1.21. The lowest BCUT2D eigenvalue weighted by atomic mass is 10.2. The SMILES string of the molecule is CN(c1ccccc1C(=O)O)S(=O)(=O)C(F)(F)F. The molecule has 0 aliphatic heterocycles. The van der Waals surface area contributed by atoms with Crippen molar-refractivity contribution >= 4 is 21.7 Å². The van der Waals surface area contributed by atoms with Crippen LogP contribution >= 0.6 is 0 Å². The second kappa shape index (κ2) is 4.48. The molecule has 0 aromatic heterocycles. The van der Waals surface area contributed by atoms with Gasteiger partial charge in [0.25, 0.3) is 0 Å². The maximum atomic E-state index is 12.3. The van der Waals surface area contributed by atoms with Gasteiger partial charge in [0.1, 0.15) is 0 Å². The third-order valence-corrected chi connectivity index (χ3v) is 3.63. The van der Waals surface area contributed by atoms with Gasteiger partial charge in [-0.2, -0.15) is 21.6 Å². The Morgan fingerprint density at radius 2 is 1.78 bits per heavy atom. The maximum Gasteiger partial charge on any atom is 0.516 e. The molecule has 0 heterocycles. The van der Waals surface area contributed by atoms with Crippen molar-refractivity contribution in [2.24, 2.45) is 0 Å². The molecule has 0 atom stereocenters. The van der Waals surface area contributed by atoms with Crippen LogP contribution in [-0.2, 0) is 10.0 Å². The predicted molar refractivity (Wildman–Crippen MR) is 56.8 cm³/mol. The summed E-state index contributed by atoms with van der Waals surface area (Å²) in [6.45, 7) is 0. The number of hydrogen-bond donors (Lipinski definition) is 1. The largest absolute Gasteiger partial charge is 0.516 e. The smallest absolute Gasteiger partial charge is 0.478 e. The average molecular weight is 283 g/mol. The summed E-state index contributed by atoms with van der Waals surface area (Å²) in [6.07, 6.45) is 0. The first-order chi connectivity index (χ1) is 8.09. The zero-order valence-corrected chi connectivity index (χ0v) is 9.79. The summed E-state index contributed by atoms with van der Waals surface area (Å²) in [7, 11) is -4.97. The van der Waals surface area contributed by atoms with Gasteiger partial charge in [-0.3, -0.25) is 4.31 Å². The summed E-state index contributed by atoms with van der Waals surface area (Å²) in [5, 5.41) is 8.78. The fraction of sp³-hybridized carbons (Fsp3) is 0.222. The van der Waals surface area contributed by atoms with Gasteiger partial charge >= 0.3 is 21.5 Å². The molecule has 0 aliphatic rings. The van der Waals surface area contributed by atoms with Crippen LogP contribution in [0.25, 0.3) is 0 Å². The van der Waals surface area contributed by atoms with E-state index in [1.165, 1.54) is 12.1 Å². The van der Waals surface area contributed by atoms with Crippen molar-refractivity contribution in [1.82, 2.24) is 0 Å². The van der Waals surface area contributed by atoms with Gasteiger partial charge < -0.3 is 5.11 Å². The standard InChI is InChI=1S/C9H8F3NO4S/c1-13(18(16,17)9(10,11)12)7-5-3-2-4-6(7)8(14)15/h2-5H,1H3,(H,14,15). The number of alkyl halides is 3. The van der Waals surface area contributed by atoms with Crippen molar-refractivity contribution < 1.29 is 31.5 Å². The molecule has 9 heteroatoms. The number of benzene rings is 1. The number of para-hydroxylation sites is 1. The molecule has 18 heavy (non-hydrogen) atoms. The van der Waals surface area contributed by atoms with Gasteiger partial charge in [-0.1, -0.05) is 12.1 Å². The summed E-state index contributed by atoms with van der Waals surface area (Å²) < 4.78 is 59.1. The Labute approximate surface area is 100 Å². The Hall–Kier alpha value is -1.77. The van der Waals surface area contributed by atoms with E-state index in [0.717, 1.165) is 12.1 Å². The predicted octanol–water partition coefficient (Wildman–Crippen LogP) is 1.67. The van der Waals surface area contributed by atoms with Gasteiger partial charge in [0.05, 0.1) is 11.3 Å². The molecule has 0 amide bonds. The minimum absolute atomic E-state index is 0.101. The highest BCUT2D eigenvalue weighted by Gasteiger charge is 2.49. The summed E-state index contributed by atoms with van der Waals surface area (Å²) in [6, 6.07) is 4.51. The van der Waals surface area contributed by atoms with Crippen LogP contribution in [-0.4, -0.2) is 32.0 Å². The van der Waals surface area contributed by atoms with E-state index in [1.54, 1.807) is 0 Å². The van der Waals surface area contributed by atoms with Gasteiger partial charge in [0.2, 0.25) is 0 Å². The fourth-order valence-corrected chi connectivity index (χ4v) is 1.94. The molecule has 0 bridgehead atoms. The van der Waals surface area contributed by atoms with Crippen LogP contribution in [0.15, 0.2) is 24.3 Å². The van der Waals surface area contributed by atoms with Gasteiger partial charge in [-0.25, -0.2) is 4.79 Å². The minimum atomic E-state index is -5.62. The zero-order chi connectivity index (χ0) is 14.1. The first-order valence-corrected chi connectivity index (χ1v) is 5.90. The third kappa shape index (κ3) is 2.40. The van der Waals surface area contributed by atoms with E-state index in [9.17, 15) is 26.4 Å². The topological polar surface area (TPSA) is 74.7 Å². The van der Waals surface area contributed by atoms with Gasteiger partial charge in [-0.05, 0) is 12.1 Å². The second-order valence-electron chi connectivity index (χ2n) is 3.24. The van der Waals surface area contributed by atoms with Crippen LogP contribution in [0.5, 0.6) is 0 Å². The summed E-state index contributed by atoms with van der Waals surface area (Å²) >= 11 is 0. The number of carbonyl (C=O) groups is 1. The first-order valence-electron chi connectivity index (χ1n) is 4.46. The minimum Gasteiger partial charge on any atom is -0.478 e. The molecule has 0 aliphatic carbocycles. The molecular weight excluding hydrogens is 275 g/mol. The Balaban J connectivity index is 3.37. The van der Waals surface area contributed by atoms with Gasteiger partial charge in [0, 0.05) is 7.05 Å². The van der Waals surface area contributed by atoms with E-state index >= 15 is 0 Å². The average Bonchev–Trinajstić information content (AvgIpc) is 2.26. The molecule has 0 radical (unpaired) electrons. The van der Waals surface area contributed by atoms with Crippen LogP contribution in [0.4, 0.5) is 18.9 Å². The molecule has 5 nitrogen and oxygen atoms in total. The van der Waals surface area contributed by atoms with E-state index in [0.29, 0.717) is 7.05 Å².